The van der Waals surface area contributed by atoms with Gasteiger partial charge >= 0.3 is 17.9 Å². The third-order valence-electron chi connectivity index (χ3n) is 12.6. The van der Waals surface area contributed by atoms with Gasteiger partial charge in [0.1, 0.15) is 13.2 Å². The first-order valence-electron chi connectivity index (χ1n) is 29.7. The summed E-state index contributed by atoms with van der Waals surface area (Å²) in [6.45, 7) is 6.48. The highest BCUT2D eigenvalue weighted by Crippen LogP contribution is 2.16. The first kappa shape index (κ1) is 67.3. The number of allylic oxidation sites excluding steroid dienone is 16. The van der Waals surface area contributed by atoms with Gasteiger partial charge in [-0.15, -0.1) is 0 Å². The number of hydrogen-bond acceptors (Lipinski definition) is 6. The lowest BCUT2D eigenvalue weighted by molar-refractivity contribution is -0.167. The summed E-state index contributed by atoms with van der Waals surface area (Å²) < 4.78 is 16.8. The van der Waals surface area contributed by atoms with Crippen LogP contribution in [0.1, 0.15) is 278 Å². The third kappa shape index (κ3) is 57.1. The van der Waals surface area contributed by atoms with E-state index in [0.717, 1.165) is 109 Å². The number of rotatable bonds is 53. The van der Waals surface area contributed by atoms with Crippen LogP contribution < -0.4 is 0 Å². The molecule has 0 aromatic rings. The van der Waals surface area contributed by atoms with Gasteiger partial charge in [-0.3, -0.25) is 14.4 Å². The zero-order chi connectivity index (χ0) is 51.4. The highest BCUT2D eigenvalue weighted by molar-refractivity contribution is 5.71. The van der Waals surface area contributed by atoms with E-state index in [1.54, 1.807) is 0 Å². The van der Waals surface area contributed by atoms with Crippen molar-refractivity contribution in [2.24, 2.45) is 0 Å². The topological polar surface area (TPSA) is 78.9 Å². The van der Waals surface area contributed by atoms with Crippen molar-refractivity contribution in [1.82, 2.24) is 0 Å². The molecule has 6 heteroatoms. The fourth-order valence-electron chi connectivity index (χ4n) is 8.16. The van der Waals surface area contributed by atoms with Gasteiger partial charge in [-0.05, 0) is 83.5 Å². The average Bonchev–Trinajstić information content (AvgIpc) is 3.37. The molecule has 0 amide bonds. The smallest absolute Gasteiger partial charge is 0.306 e. The molecular weight excluding hydrogens is 877 g/mol. The lowest BCUT2D eigenvalue weighted by Gasteiger charge is -2.18. The molecule has 0 spiro atoms. The minimum atomic E-state index is -0.792. The Morgan fingerprint density at radius 1 is 0.296 bits per heavy atom. The highest BCUT2D eigenvalue weighted by atomic mass is 16.6. The van der Waals surface area contributed by atoms with Crippen LogP contribution in [0.4, 0.5) is 0 Å². The summed E-state index contributed by atoms with van der Waals surface area (Å²) in [5.74, 6) is -0.932. The second-order valence-corrected chi connectivity index (χ2v) is 19.5. The molecule has 71 heavy (non-hydrogen) atoms. The molecule has 1 atom stereocenters. The molecule has 0 radical (unpaired) electrons. The molecule has 6 nitrogen and oxygen atoms in total. The Labute approximate surface area is 438 Å². The Hall–Kier alpha value is -3.67. The fourth-order valence-corrected chi connectivity index (χ4v) is 8.16. The van der Waals surface area contributed by atoms with Crippen molar-refractivity contribution in [3.05, 3.63) is 97.2 Å². The van der Waals surface area contributed by atoms with Gasteiger partial charge in [0.15, 0.2) is 6.10 Å². The molecule has 1 unspecified atom stereocenters. The number of carbonyl (C=O) groups excluding carboxylic acids is 3. The van der Waals surface area contributed by atoms with E-state index in [4.69, 9.17) is 14.2 Å². The number of esters is 3. The SMILES string of the molecule is CC/C=C\C/C=C\C/C=C\C/C=C\C/C=C\C/C=C\C/C=C\C/C=C\CCCCC(=O)OCC(COC(=O)CCCCCCCCCC)OC(=O)CCCCCCCCCCCCCCCCCCCC. The van der Waals surface area contributed by atoms with E-state index in [0.29, 0.717) is 19.3 Å². The van der Waals surface area contributed by atoms with Crippen LogP contribution >= 0.6 is 0 Å². The molecule has 406 valence electrons. The molecule has 0 aromatic carbocycles. The predicted molar refractivity (Wildman–Crippen MR) is 307 cm³/mol. The van der Waals surface area contributed by atoms with Crippen LogP contribution in [-0.2, 0) is 28.6 Å². The summed E-state index contributed by atoms with van der Waals surface area (Å²) >= 11 is 0. The molecule has 0 aromatic heterocycles. The number of hydrogen-bond donors (Lipinski definition) is 0. The standard InChI is InChI=1S/C65H110O6/c1-4-7-10-13-16-19-21-23-25-27-29-30-31-32-33-34-35-36-37-39-40-42-44-46-49-52-55-58-64(67)70-61-62(60-69-63(66)57-54-51-48-18-15-12-9-6-3)71-65(68)59-56-53-50-47-45-43-41-38-28-26-24-22-20-17-14-11-8-5-2/h7,10,16,19,23,25,29-30,32-33,35-36,39-40,44,46,62H,4-6,8-9,11-15,17-18,20-22,24,26-28,31,34,37-38,41-43,45,47-61H2,1-3H3/b10-7-,19-16-,25-23-,30-29-,33-32-,36-35-,40-39-,46-44-. The largest absolute Gasteiger partial charge is 0.462 e. The summed E-state index contributed by atoms with van der Waals surface area (Å²) in [7, 11) is 0. The number of unbranched alkanes of at least 4 members (excludes halogenated alkanes) is 26. The van der Waals surface area contributed by atoms with E-state index < -0.39 is 6.10 Å². The van der Waals surface area contributed by atoms with Crippen LogP contribution in [-0.4, -0.2) is 37.2 Å². The Morgan fingerprint density at radius 2 is 0.549 bits per heavy atom. The van der Waals surface area contributed by atoms with Gasteiger partial charge in [0, 0.05) is 19.3 Å². The maximum absolute atomic E-state index is 12.8. The Bertz CT molecular complexity index is 1410. The molecule has 0 aliphatic heterocycles. The molecule has 0 bridgehead atoms. The van der Waals surface area contributed by atoms with Crippen molar-refractivity contribution in [1.29, 1.82) is 0 Å². The first-order chi connectivity index (χ1) is 35.0. The van der Waals surface area contributed by atoms with Gasteiger partial charge in [0.2, 0.25) is 0 Å². The van der Waals surface area contributed by atoms with E-state index in [9.17, 15) is 14.4 Å². The van der Waals surface area contributed by atoms with E-state index >= 15 is 0 Å². The molecule has 0 rings (SSSR count). The average molecular weight is 988 g/mol. The molecule has 0 saturated carbocycles. The van der Waals surface area contributed by atoms with Crippen molar-refractivity contribution >= 4 is 17.9 Å². The molecule has 0 aliphatic rings. The Morgan fingerprint density at radius 3 is 0.859 bits per heavy atom. The van der Waals surface area contributed by atoms with Crippen molar-refractivity contribution in [2.45, 2.75) is 284 Å². The predicted octanol–water partition coefficient (Wildman–Crippen LogP) is 20.1. The molecule has 0 heterocycles. The maximum atomic E-state index is 12.8. The normalized spacial score (nSPS) is 12.8. The highest BCUT2D eigenvalue weighted by Gasteiger charge is 2.19. The van der Waals surface area contributed by atoms with Crippen LogP contribution in [0, 0.1) is 0 Å². The first-order valence-corrected chi connectivity index (χ1v) is 29.7. The van der Waals surface area contributed by atoms with Crippen LogP contribution in [0.15, 0.2) is 97.2 Å². The second-order valence-electron chi connectivity index (χ2n) is 19.5. The lowest BCUT2D eigenvalue weighted by Crippen LogP contribution is -2.30. The van der Waals surface area contributed by atoms with Crippen molar-refractivity contribution in [3.8, 4) is 0 Å². The fraction of sp³-hybridized carbons (Fsp3) is 0.708. The van der Waals surface area contributed by atoms with Crippen molar-refractivity contribution < 1.29 is 28.6 Å². The van der Waals surface area contributed by atoms with Gasteiger partial charge < -0.3 is 14.2 Å². The zero-order valence-electron chi connectivity index (χ0n) is 46.5. The van der Waals surface area contributed by atoms with Gasteiger partial charge in [0.05, 0.1) is 0 Å². The number of ether oxygens (including phenoxy) is 3. The summed E-state index contributed by atoms with van der Waals surface area (Å²) in [6.07, 6.45) is 78.5. The van der Waals surface area contributed by atoms with E-state index in [-0.39, 0.29) is 31.1 Å². The molecule has 0 saturated heterocycles. The van der Waals surface area contributed by atoms with Gasteiger partial charge in [-0.1, -0.05) is 272 Å². The Kier molecular flexibility index (Phi) is 55.9. The summed E-state index contributed by atoms with van der Waals surface area (Å²) in [6, 6.07) is 0. The second kappa shape index (κ2) is 58.9. The summed E-state index contributed by atoms with van der Waals surface area (Å²) in [4.78, 5) is 38.0. The van der Waals surface area contributed by atoms with Gasteiger partial charge in [-0.2, -0.15) is 0 Å². The van der Waals surface area contributed by atoms with E-state index in [1.807, 2.05) is 0 Å². The number of carbonyl (C=O) groups is 3. The third-order valence-corrected chi connectivity index (χ3v) is 12.6. The lowest BCUT2D eigenvalue weighted by atomic mass is 10.0. The van der Waals surface area contributed by atoms with Gasteiger partial charge in [0.25, 0.3) is 0 Å². The molecule has 0 fully saturated rings. The zero-order valence-corrected chi connectivity index (χ0v) is 46.5. The van der Waals surface area contributed by atoms with Crippen LogP contribution in [0.3, 0.4) is 0 Å². The quantitative estimate of drug-likeness (QED) is 0.0261. The van der Waals surface area contributed by atoms with Gasteiger partial charge in [-0.25, -0.2) is 0 Å². The molecule has 0 aliphatic carbocycles. The minimum absolute atomic E-state index is 0.0887. The van der Waals surface area contributed by atoms with Crippen molar-refractivity contribution in [2.75, 3.05) is 13.2 Å². The summed E-state index contributed by atoms with van der Waals surface area (Å²) in [5, 5.41) is 0. The molecule has 0 N–H and O–H groups in total. The monoisotopic (exact) mass is 987 g/mol. The maximum Gasteiger partial charge on any atom is 0.306 e. The summed E-state index contributed by atoms with van der Waals surface area (Å²) in [5.41, 5.74) is 0. The van der Waals surface area contributed by atoms with Crippen LogP contribution in [0.5, 0.6) is 0 Å². The Balaban J connectivity index is 4.30. The molecular formula is C65H110O6. The minimum Gasteiger partial charge on any atom is -0.462 e. The van der Waals surface area contributed by atoms with Crippen molar-refractivity contribution in [3.63, 3.8) is 0 Å². The van der Waals surface area contributed by atoms with E-state index in [1.165, 1.54) is 128 Å². The van der Waals surface area contributed by atoms with Crippen LogP contribution in [0.2, 0.25) is 0 Å². The van der Waals surface area contributed by atoms with E-state index in [2.05, 4.69) is 118 Å². The van der Waals surface area contributed by atoms with Crippen LogP contribution in [0.25, 0.3) is 0 Å².